The van der Waals surface area contributed by atoms with E-state index in [4.69, 9.17) is 21.1 Å². The second kappa shape index (κ2) is 7.20. The normalized spacial score (nSPS) is 12.1. The molecule has 0 bridgehead atoms. The highest BCUT2D eigenvalue weighted by Crippen LogP contribution is 2.25. The number of hydrogen-bond donors (Lipinski definition) is 0. The second-order valence-corrected chi connectivity index (χ2v) is 4.89. The zero-order valence-electron chi connectivity index (χ0n) is 11.7. The zero-order chi connectivity index (χ0) is 15.2. The van der Waals surface area contributed by atoms with E-state index in [1.807, 2.05) is 12.1 Å². The van der Waals surface area contributed by atoms with Crippen molar-refractivity contribution in [2.75, 3.05) is 6.61 Å². The van der Waals surface area contributed by atoms with Gasteiger partial charge in [0.25, 0.3) is 0 Å². The molecule has 1 aromatic heterocycles. The van der Waals surface area contributed by atoms with Crippen LogP contribution in [0.2, 0.25) is 5.02 Å². The lowest BCUT2D eigenvalue weighted by Gasteiger charge is -2.12. The third kappa shape index (κ3) is 3.80. The number of fused-ring (bicyclic) bond motifs is 1. The lowest BCUT2D eigenvalue weighted by molar-refractivity contribution is -0.156. The molecule has 0 spiro atoms. The number of hydrogen-bond acceptors (Lipinski definition) is 4. The van der Waals surface area contributed by atoms with Gasteiger partial charge in [-0.2, -0.15) is 0 Å². The molecule has 1 heterocycles. The first-order chi connectivity index (χ1) is 10.1. The molecule has 0 amide bonds. The van der Waals surface area contributed by atoms with E-state index in [2.05, 4.69) is 11.6 Å². The van der Waals surface area contributed by atoms with Crippen LogP contribution in [-0.2, 0) is 20.9 Å². The topological polar surface area (TPSA) is 48.4 Å². The molecule has 21 heavy (non-hydrogen) atoms. The number of benzene rings is 1. The summed E-state index contributed by atoms with van der Waals surface area (Å²) in [7, 11) is 0. The number of ether oxygens (including phenoxy) is 2. The van der Waals surface area contributed by atoms with Gasteiger partial charge < -0.3 is 9.47 Å². The number of pyridine rings is 1. The third-order valence-electron chi connectivity index (χ3n) is 2.97. The first-order valence-electron chi connectivity index (χ1n) is 6.54. The summed E-state index contributed by atoms with van der Waals surface area (Å²) in [5.41, 5.74) is 1.54. The first kappa shape index (κ1) is 15.5. The van der Waals surface area contributed by atoms with E-state index in [0.29, 0.717) is 11.6 Å². The average molecular weight is 306 g/mol. The smallest absolute Gasteiger partial charge is 0.335 e. The van der Waals surface area contributed by atoms with Crippen molar-refractivity contribution in [3.8, 4) is 0 Å². The maximum absolute atomic E-state index is 11.8. The molecule has 0 aliphatic rings. The van der Waals surface area contributed by atoms with Crippen molar-refractivity contribution in [3.05, 3.63) is 53.7 Å². The van der Waals surface area contributed by atoms with Crippen LogP contribution in [0.15, 0.2) is 43.1 Å². The molecule has 4 nitrogen and oxygen atoms in total. The molecule has 5 heteroatoms. The average Bonchev–Trinajstić information content (AvgIpc) is 2.52. The van der Waals surface area contributed by atoms with Crippen LogP contribution in [-0.4, -0.2) is 23.7 Å². The molecule has 0 saturated carbocycles. The molecule has 2 rings (SSSR count). The van der Waals surface area contributed by atoms with Crippen LogP contribution < -0.4 is 0 Å². The Morgan fingerprint density at radius 1 is 1.48 bits per heavy atom. The zero-order valence-corrected chi connectivity index (χ0v) is 12.5. The van der Waals surface area contributed by atoms with Gasteiger partial charge in [-0.3, -0.25) is 4.98 Å². The Morgan fingerprint density at radius 3 is 3.05 bits per heavy atom. The lowest BCUT2D eigenvalue weighted by Crippen LogP contribution is -2.23. The Bertz CT molecular complexity index is 657. The quantitative estimate of drug-likeness (QED) is 0.605. The number of carbonyl (C=O) groups excluding carboxylic acids is 1. The van der Waals surface area contributed by atoms with Gasteiger partial charge in [0.05, 0.1) is 12.1 Å². The van der Waals surface area contributed by atoms with Crippen LogP contribution in [0, 0.1) is 0 Å². The number of carbonyl (C=O) groups is 1. The third-order valence-corrected chi connectivity index (χ3v) is 3.30. The van der Waals surface area contributed by atoms with Gasteiger partial charge in [-0.1, -0.05) is 23.7 Å². The van der Waals surface area contributed by atoms with Crippen molar-refractivity contribution >= 4 is 28.5 Å². The molecular weight excluding hydrogens is 290 g/mol. The highest BCUT2D eigenvalue weighted by atomic mass is 35.5. The SMILES string of the molecule is C=CCOC(C)C(=O)OCc1ccc(Cl)c2cccnc12. The molecule has 2 aromatic rings. The molecule has 0 N–H and O–H groups in total. The van der Waals surface area contributed by atoms with Crippen LogP contribution >= 0.6 is 11.6 Å². The molecule has 0 fully saturated rings. The van der Waals surface area contributed by atoms with Gasteiger partial charge >= 0.3 is 5.97 Å². The molecule has 0 radical (unpaired) electrons. The van der Waals surface area contributed by atoms with E-state index in [0.717, 1.165) is 16.5 Å². The van der Waals surface area contributed by atoms with Gasteiger partial charge in [0.15, 0.2) is 6.10 Å². The summed E-state index contributed by atoms with van der Waals surface area (Å²) >= 11 is 6.12. The molecule has 0 aliphatic heterocycles. The minimum atomic E-state index is -0.630. The van der Waals surface area contributed by atoms with E-state index < -0.39 is 12.1 Å². The van der Waals surface area contributed by atoms with Crippen molar-refractivity contribution in [1.29, 1.82) is 0 Å². The van der Waals surface area contributed by atoms with E-state index in [1.54, 1.807) is 31.3 Å². The molecule has 1 aromatic carbocycles. The van der Waals surface area contributed by atoms with Gasteiger partial charge in [-0.15, -0.1) is 6.58 Å². The van der Waals surface area contributed by atoms with Crippen LogP contribution in [0.1, 0.15) is 12.5 Å². The summed E-state index contributed by atoms with van der Waals surface area (Å²) in [5.74, 6) is -0.420. The van der Waals surface area contributed by atoms with Crippen molar-refractivity contribution in [3.63, 3.8) is 0 Å². The predicted octanol–water partition coefficient (Wildman–Crippen LogP) is 3.52. The maximum Gasteiger partial charge on any atom is 0.335 e. The summed E-state index contributed by atoms with van der Waals surface area (Å²) in [6.07, 6.45) is 2.63. The van der Waals surface area contributed by atoms with E-state index in [9.17, 15) is 4.79 Å². The highest BCUT2D eigenvalue weighted by molar-refractivity contribution is 6.35. The Balaban J connectivity index is 2.09. The standard InChI is InChI=1S/C16H16ClNO3/c1-3-9-20-11(2)16(19)21-10-12-6-7-14(17)13-5-4-8-18-15(12)13/h3-8,11H,1,9-10H2,2H3. The van der Waals surface area contributed by atoms with Crippen molar-refractivity contribution in [1.82, 2.24) is 4.98 Å². The maximum atomic E-state index is 11.8. The second-order valence-electron chi connectivity index (χ2n) is 4.48. The Morgan fingerprint density at radius 2 is 2.29 bits per heavy atom. The fraction of sp³-hybridized carbons (Fsp3) is 0.250. The monoisotopic (exact) mass is 305 g/mol. The number of aromatic nitrogens is 1. The van der Waals surface area contributed by atoms with Gasteiger partial charge in [0.2, 0.25) is 0 Å². The van der Waals surface area contributed by atoms with Crippen LogP contribution in [0.25, 0.3) is 10.9 Å². The number of nitrogens with zero attached hydrogens (tertiary/aromatic N) is 1. The fourth-order valence-corrected chi connectivity index (χ4v) is 2.07. The van der Waals surface area contributed by atoms with Crippen molar-refractivity contribution in [2.45, 2.75) is 19.6 Å². The van der Waals surface area contributed by atoms with Crippen LogP contribution in [0.3, 0.4) is 0 Å². The summed E-state index contributed by atoms with van der Waals surface area (Å²) in [6, 6.07) is 7.27. The first-order valence-corrected chi connectivity index (χ1v) is 6.92. The largest absolute Gasteiger partial charge is 0.459 e. The van der Waals surface area contributed by atoms with E-state index >= 15 is 0 Å². The number of halogens is 1. The lowest BCUT2D eigenvalue weighted by atomic mass is 10.1. The molecule has 0 saturated heterocycles. The van der Waals surface area contributed by atoms with Crippen LogP contribution in [0.4, 0.5) is 0 Å². The minimum Gasteiger partial charge on any atom is -0.459 e. The van der Waals surface area contributed by atoms with Gasteiger partial charge in [-0.05, 0) is 25.1 Å². The molecular formula is C16H16ClNO3. The Labute approximate surface area is 128 Å². The number of esters is 1. The summed E-state index contributed by atoms with van der Waals surface area (Å²) in [4.78, 5) is 16.1. The Kier molecular flexibility index (Phi) is 5.31. The molecule has 110 valence electrons. The summed E-state index contributed by atoms with van der Waals surface area (Å²) in [6.45, 7) is 5.61. The Hall–Kier alpha value is -1.91. The van der Waals surface area contributed by atoms with Gasteiger partial charge in [0, 0.05) is 22.2 Å². The molecule has 1 atom stereocenters. The van der Waals surface area contributed by atoms with Gasteiger partial charge in [0.1, 0.15) is 6.61 Å². The van der Waals surface area contributed by atoms with Crippen LogP contribution in [0.5, 0.6) is 0 Å². The van der Waals surface area contributed by atoms with Crippen molar-refractivity contribution in [2.24, 2.45) is 0 Å². The van der Waals surface area contributed by atoms with E-state index in [1.165, 1.54) is 0 Å². The minimum absolute atomic E-state index is 0.130. The van der Waals surface area contributed by atoms with Gasteiger partial charge in [-0.25, -0.2) is 4.79 Å². The summed E-state index contributed by atoms with van der Waals surface area (Å²) in [5, 5.41) is 1.46. The molecule has 0 aliphatic carbocycles. The molecule has 1 unspecified atom stereocenters. The number of rotatable bonds is 6. The summed E-state index contributed by atoms with van der Waals surface area (Å²) < 4.78 is 10.5. The fourth-order valence-electron chi connectivity index (χ4n) is 1.86. The van der Waals surface area contributed by atoms with Crippen molar-refractivity contribution < 1.29 is 14.3 Å². The van der Waals surface area contributed by atoms with E-state index in [-0.39, 0.29) is 6.61 Å². The predicted molar refractivity (Wildman–Crippen MR) is 82.2 cm³/mol. The highest BCUT2D eigenvalue weighted by Gasteiger charge is 2.15.